The second-order valence-electron chi connectivity index (χ2n) is 5.20. The lowest BCUT2D eigenvalue weighted by Crippen LogP contribution is -2.21. The zero-order chi connectivity index (χ0) is 15.9. The minimum absolute atomic E-state index is 0.111. The third-order valence-electron chi connectivity index (χ3n) is 3.42. The van der Waals surface area contributed by atoms with E-state index in [1.54, 1.807) is 12.1 Å². The minimum atomic E-state index is -3.69. The van der Waals surface area contributed by atoms with Gasteiger partial charge in [0.05, 0.1) is 23.7 Å². The molecule has 1 aliphatic carbocycles. The van der Waals surface area contributed by atoms with Crippen molar-refractivity contribution in [1.82, 2.24) is 5.16 Å². The summed E-state index contributed by atoms with van der Waals surface area (Å²) in [6, 6.07) is 6.27. The highest BCUT2D eigenvalue weighted by molar-refractivity contribution is 7.93. The molecule has 1 aromatic carbocycles. The molecule has 0 radical (unpaired) electrons. The summed E-state index contributed by atoms with van der Waals surface area (Å²) in [5.74, 6) is 0.420. The summed E-state index contributed by atoms with van der Waals surface area (Å²) in [5.41, 5.74) is 0.654. The molecule has 1 heterocycles. The van der Waals surface area contributed by atoms with Gasteiger partial charge in [0, 0.05) is 23.3 Å². The minimum Gasteiger partial charge on any atom is -0.360 e. The van der Waals surface area contributed by atoms with Gasteiger partial charge in [-0.3, -0.25) is 4.79 Å². The second-order valence-corrected chi connectivity index (χ2v) is 7.57. The SMILES string of the molecule is CS(=O)(=O)N(Cl)c1ccccc1C(=O)c1cnoc1C1CC1. The standard InChI is InChI=1S/C14H13ClN2O4S/c1-22(19,20)17(15)12-5-3-2-4-10(12)13(18)11-8-16-21-14(11)9-6-7-9/h2-5,8-9H,6-7H2,1H3. The van der Waals surface area contributed by atoms with Crippen LogP contribution in [0.5, 0.6) is 0 Å². The summed E-state index contributed by atoms with van der Waals surface area (Å²) in [5, 5.41) is 3.69. The van der Waals surface area contributed by atoms with Gasteiger partial charge >= 0.3 is 0 Å². The molecular formula is C14H13ClN2O4S. The van der Waals surface area contributed by atoms with Crippen molar-refractivity contribution < 1.29 is 17.7 Å². The predicted molar refractivity (Wildman–Crippen MR) is 81.5 cm³/mol. The van der Waals surface area contributed by atoms with E-state index in [0.717, 1.165) is 19.1 Å². The zero-order valence-corrected chi connectivity index (χ0v) is 13.3. The van der Waals surface area contributed by atoms with Crippen LogP contribution in [0.2, 0.25) is 0 Å². The van der Waals surface area contributed by atoms with Gasteiger partial charge in [-0.15, -0.1) is 0 Å². The molecule has 2 aromatic rings. The van der Waals surface area contributed by atoms with Crippen LogP contribution in [-0.2, 0) is 10.0 Å². The molecule has 0 saturated heterocycles. The highest BCUT2D eigenvalue weighted by atomic mass is 35.5. The molecule has 0 amide bonds. The van der Waals surface area contributed by atoms with Crippen LogP contribution in [0.25, 0.3) is 0 Å². The fourth-order valence-electron chi connectivity index (χ4n) is 2.20. The van der Waals surface area contributed by atoms with E-state index in [1.807, 2.05) is 0 Å². The maximum atomic E-state index is 12.7. The second kappa shape index (κ2) is 5.40. The van der Waals surface area contributed by atoms with E-state index in [2.05, 4.69) is 5.16 Å². The fraction of sp³-hybridized carbons (Fsp3) is 0.286. The number of anilines is 1. The Labute approximate surface area is 132 Å². The lowest BCUT2D eigenvalue weighted by molar-refractivity contribution is 0.103. The Morgan fingerprint density at radius 2 is 2.00 bits per heavy atom. The molecule has 6 nitrogen and oxygen atoms in total. The molecule has 8 heteroatoms. The van der Waals surface area contributed by atoms with Crippen molar-refractivity contribution in [1.29, 1.82) is 0 Å². The summed E-state index contributed by atoms with van der Waals surface area (Å²) < 4.78 is 29.0. The molecule has 1 aromatic heterocycles. The predicted octanol–water partition coefficient (Wildman–Crippen LogP) is 2.70. The van der Waals surface area contributed by atoms with Crippen LogP contribution < -0.4 is 3.82 Å². The molecular weight excluding hydrogens is 328 g/mol. The number of aromatic nitrogens is 1. The maximum absolute atomic E-state index is 12.7. The van der Waals surface area contributed by atoms with Gasteiger partial charge in [0.2, 0.25) is 10.0 Å². The monoisotopic (exact) mass is 340 g/mol. The van der Waals surface area contributed by atoms with Crippen molar-refractivity contribution in [3.63, 3.8) is 0 Å². The fourth-order valence-corrected chi connectivity index (χ4v) is 2.87. The molecule has 1 fully saturated rings. The first-order valence-corrected chi connectivity index (χ1v) is 8.82. The summed E-state index contributed by atoms with van der Waals surface area (Å²) in [7, 11) is -3.69. The third kappa shape index (κ3) is 2.74. The quantitative estimate of drug-likeness (QED) is 0.617. The van der Waals surface area contributed by atoms with Crippen molar-refractivity contribution in [3.8, 4) is 0 Å². The molecule has 0 bridgehead atoms. The normalized spacial score (nSPS) is 14.8. The average Bonchev–Trinajstić information content (AvgIpc) is 3.22. The van der Waals surface area contributed by atoms with Crippen LogP contribution in [0.3, 0.4) is 0 Å². The number of hydrogen-bond donors (Lipinski definition) is 0. The Hall–Kier alpha value is -1.86. The van der Waals surface area contributed by atoms with Crippen molar-refractivity contribution in [2.24, 2.45) is 0 Å². The van der Waals surface area contributed by atoms with Crippen LogP contribution in [0.4, 0.5) is 5.69 Å². The number of halogens is 1. The van der Waals surface area contributed by atoms with Gasteiger partial charge in [0.1, 0.15) is 0 Å². The molecule has 0 spiro atoms. The number of sulfonamides is 1. The van der Waals surface area contributed by atoms with Crippen LogP contribution in [0, 0.1) is 0 Å². The summed E-state index contributed by atoms with van der Waals surface area (Å²) in [6.07, 6.45) is 4.26. The molecule has 1 aliphatic rings. The molecule has 0 atom stereocenters. The van der Waals surface area contributed by atoms with Crippen molar-refractivity contribution in [2.45, 2.75) is 18.8 Å². The topological polar surface area (TPSA) is 80.5 Å². The number of benzene rings is 1. The van der Waals surface area contributed by atoms with Crippen LogP contribution in [0.1, 0.15) is 40.4 Å². The Kier molecular flexibility index (Phi) is 3.70. The van der Waals surface area contributed by atoms with Gasteiger partial charge in [-0.05, 0) is 25.0 Å². The molecule has 116 valence electrons. The number of hydrogen-bond acceptors (Lipinski definition) is 5. The Balaban J connectivity index is 2.05. The third-order valence-corrected chi connectivity index (χ3v) is 5.13. The van der Waals surface area contributed by atoms with E-state index in [1.165, 1.54) is 18.3 Å². The van der Waals surface area contributed by atoms with E-state index in [4.69, 9.17) is 16.3 Å². The van der Waals surface area contributed by atoms with Gasteiger partial charge < -0.3 is 4.52 Å². The summed E-state index contributed by atoms with van der Waals surface area (Å²) in [6.45, 7) is 0. The number of rotatable bonds is 5. The van der Waals surface area contributed by atoms with Crippen LogP contribution in [-0.4, -0.2) is 25.6 Å². The van der Waals surface area contributed by atoms with Gasteiger partial charge in [-0.25, -0.2) is 8.42 Å². The van der Waals surface area contributed by atoms with Crippen molar-refractivity contribution in [3.05, 3.63) is 47.3 Å². The first-order chi connectivity index (χ1) is 10.4. The Morgan fingerprint density at radius 3 is 2.64 bits per heavy atom. The lowest BCUT2D eigenvalue weighted by atomic mass is 10.0. The number of carbonyl (C=O) groups excluding carboxylic acids is 1. The average molecular weight is 341 g/mol. The largest absolute Gasteiger partial charge is 0.360 e. The maximum Gasteiger partial charge on any atom is 0.246 e. The lowest BCUT2D eigenvalue weighted by Gasteiger charge is -2.16. The first-order valence-electron chi connectivity index (χ1n) is 6.64. The van der Waals surface area contributed by atoms with Crippen LogP contribution in [0.15, 0.2) is 35.0 Å². The molecule has 0 aliphatic heterocycles. The summed E-state index contributed by atoms with van der Waals surface area (Å²) in [4.78, 5) is 12.7. The molecule has 22 heavy (non-hydrogen) atoms. The van der Waals surface area contributed by atoms with Gasteiger partial charge in [0.15, 0.2) is 11.5 Å². The van der Waals surface area contributed by atoms with Gasteiger partial charge in [0.25, 0.3) is 0 Å². The van der Waals surface area contributed by atoms with Crippen LogP contribution >= 0.6 is 11.8 Å². The Bertz CT molecular complexity index is 827. The van der Waals surface area contributed by atoms with Crippen molar-refractivity contribution >= 4 is 33.3 Å². The van der Waals surface area contributed by atoms with Gasteiger partial charge in [-0.1, -0.05) is 17.3 Å². The van der Waals surface area contributed by atoms with E-state index >= 15 is 0 Å². The first kappa shape index (κ1) is 15.1. The highest BCUT2D eigenvalue weighted by Gasteiger charge is 2.33. The summed E-state index contributed by atoms with van der Waals surface area (Å²) >= 11 is 5.86. The van der Waals surface area contributed by atoms with E-state index in [0.29, 0.717) is 15.1 Å². The molecule has 0 unspecified atom stereocenters. The van der Waals surface area contributed by atoms with E-state index < -0.39 is 10.0 Å². The number of nitrogens with zero attached hydrogens (tertiary/aromatic N) is 2. The Morgan fingerprint density at radius 1 is 1.32 bits per heavy atom. The number of carbonyl (C=O) groups is 1. The molecule has 1 saturated carbocycles. The smallest absolute Gasteiger partial charge is 0.246 e. The number of ketones is 1. The zero-order valence-electron chi connectivity index (χ0n) is 11.7. The molecule has 3 rings (SSSR count). The van der Waals surface area contributed by atoms with Gasteiger partial charge in [-0.2, -0.15) is 3.82 Å². The van der Waals surface area contributed by atoms with E-state index in [-0.39, 0.29) is 23.0 Å². The number of para-hydroxylation sites is 1. The van der Waals surface area contributed by atoms with E-state index in [9.17, 15) is 13.2 Å². The highest BCUT2D eigenvalue weighted by Crippen LogP contribution is 2.42. The molecule has 0 N–H and O–H groups in total. The van der Waals surface area contributed by atoms with Crippen molar-refractivity contribution in [2.75, 3.05) is 10.1 Å².